The molecule has 112 valence electrons. The van der Waals surface area contributed by atoms with Gasteiger partial charge in [0.05, 0.1) is 0 Å². The largest absolute Gasteiger partial charge is 0.356 e. The van der Waals surface area contributed by atoms with E-state index in [9.17, 15) is 4.79 Å². The molecule has 1 aliphatic carbocycles. The molecule has 0 radical (unpaired) electrons. The van der Waals surface area contributed by atoms with Crippen molar-refractivity contribution in [1.29, 1.82) is 0 Å². The van der Waals surface area contributed by atoms with Crippen LogP contribution in [0, 0.1) is 19.3 Å². The topological polar surface area (TPSA) is 34.0 Å². The van der Waals surface area contributed by atoms with Crippen LogP contribution in [0.4, 0.5) is 0 Å². The highest BCUT2D eigenvalue weighted by Crippen LogP contribution is 2.38. The summed E-state index contributed by atoms with van der Waals surface area (Å²) < 4.78 is 2.46. The van der Waals surface area contributed by atoms with Crippen LogP contribution in [-0.2, 0) is 11.2 Å². The second-order valence-corrected chi connectivity index (χ2v) is 7.33. The fourth-order valence-electron chi connectivity index (χ4n) is 2.87. The number of carbonyl (C=O) groups excluding carboxylic acids is 1. The number of rotatable bonds is 5. The van der Waals surface area contributed by atoms with Crippen LogP contribution in [0.2, 0.25) is 0 Å². The monoisotopic (exact) mass is 276 g/mol. The molecule has 0 atom stereocenters. The van der Waals surface area contributed by atoms with E-state index < -0.39 is 0 Å². The minimum absolute atomic E-state index is 0.0614. The summed E-state index contributed by atoms with van der Waals surface area (Å²) in [6.45, 7) is 11.4. The third-order valence-electron chi connectivity index (χ3n) is 3.91. The molecule has 2 rings (SSSR count). The molecule has 3 nitrogen and oxygen atoms in total. The maximum atomic E-state index is 11.8. The van der Waals surface area contributed by atoms with Gasteiger partial charge in [0.25, 0.3) is 0 Å². The zero-order chi connectivity index (χ0) is 14.9. The van der Waals surface area contributed by atoms with E-state index in [-0.39, 0.29) is 11.3 Å². The molecule has 1 N–H and O–H groups in total. The summed E-state index contributed by atoms with van der Waals surface area (Å²) in [7, 11) is 0. The lowest BCUT2D eigenvalue weighted by Gasteiger charge is -2.17. The van der Waals surface area contributed by atoms with Crippen LogP contribution in [0.3, 0.4) is 0 Å². The zero-order valence-corrected chi connectivity index (χ0v) is 13.5. The van der Waals surface area contributed by atoms with Gasteiger partial charge < -0.3 is 9.88 Å². The van der Waals surface area contributed by atoms with E-state index in [0.29, 0.717) is 6.42 Å². The molecule has 1 aromatic rings. The first kappa shape index (κ1) is 15.1. The summed E-state index contributed by atoms with van der Waals surface area (Å²) >= 11 is 0. The third kappa shape index (κ3) is 3.87. The number of hydrogen-bond donors (Lipinski definition) is 1. The highest BCUT2D eigenvalue weighted by Gasteiger charge is 2.26. The Hall–Kier alpha value is -1.25. The number of aryl methyl sites for hydroxylation is 1. The summed E-state index contributed by atoms with van der Waals surface area (Å²) in [5.74, 6) is 0.161. The second kappa shape index (κ2) is 5.63. The summed E-state index contributed by atoms with van der Waals surface area (Å²) in [6.07, 6.45) is 4.16. The lowest BCUT2D eigenvalue weighted by atomic mass is 9.92. The molecule has 1 aliphatic rings. The Labute approximate surface area is 122 Å². The molecule has 0 aromatic carbocycles. The molecule has 1 fully saturated rings. The lowest BCUT2D eigenvalue weighted by Crippen LogP contribution is -2.29. The average molecular weight is 276 g/mol. The van der Waals surface area contributed by atoms with E-state index in [1.165, 1.54) is 29.8 Å². The van der Waals surface area contributed by atoms with Crippen LogP contribution in [0.15, 0.2) is 6.07 Å². The van der Waals surface area contributed by atoms with Crippen LogP contribution in [-0.4, -0.2) is 17.0 Å². The van der Waals surface area contributed by atoms with Gasteiger partial charge in [-0.05, 0) is 50.2 Å². The van der Waals surface area contributed by atoms with Crippen molar-refractivity contribution in [2.45, 2.75) is 66.3 Å². The summed E-state index contributed by atoms with van der Waals surface area (Å²) in [5.41, 5.74) is 4.19. The van der Waals surface area contributed by atoms with Gasteiger partial charge in [-0.25, -0.2) is 0 Å². The summed E-state index contributed by atoms with van der Waals surface area (Å²) in [6, 6.07) is 3.02. The van der Waals surface area contributed by atoms with Gasteiger partial charge in [0, 0.05) is 30.4 Å². The molecule has 20 heavy (non-hydrogen) atoms. The fourth-order valence-corrected chi connectivity index (χ4v) is 2.87. The number of amides is 1. The van der Waals surface area contributed by atoms with Gasteiger partial charge in [-0.2, -0.15) is 0 Å². The van der Waals surface area contributed by atoms with E-state index in [1.54, 1.807) is 0 Å². The number of nitrogens with zero attached hydrogens (tertiary/aromatic N) is 1. The minimum atomic E-state index is 0.0614. The van der Waals surface area contributed by atoms with E-state index in [1.807, 2.05) is 0 Å². The Bertz CT molecular complexity index is 490. The van der Waals surface area contributed by atoms with Crippen molar-refractivity contribution in [3.05, 3.63) is 23.0 Å². The number of nitrogens with one attached hydrogen (secondary N) is 1. The zero-order valence-electron chi connectivity index (χ0n) is 13.5. The Balaban J connectivity index is 1.86. The van der Waals surface area contributed by atoms with Crippen LogP contribution < -0.4 is 5.32 Å². The van der Waals surface area contributed by atoms with Crippen molar-refractivity contribution in [3.63, 3.8) is 0 Å². The van der Waals surface area contributed by atoms with Crippen molar-refractivity contribution in [3.8, 4) is 0 Å². The molecule has 0 spiro atoms. The van der Waals surface area contributed by atoms with Gasteiger partial charge in [0.2, 0.25) is 5.91 Å². The van der Waals surface area contributed by atoms with Gasteiger partial charge >= 0.3 is 0 Å². The van der Waals surface area contributed by atoms with E-state index in [4.69, 9.17) is 0 Å². The number of aromatic nitrogens is 1. The standard InChI is InChI=1S/C17H28N2O/c1-12-10-14(13(2)19(12)15-6-7-15)8-9-18-16(20)11-17(3,4)5/h10,15H,6-9,11H2,1-5H3,(H,18,20). The molecule has 0 unspecified atom stereocenters. The quantitative estimate of drug-likeness (QED) is 0.877. The van der Waals surface area contributed by atoms with Gasteiger partial charge in [0.1, 0.15) is 0 Å². The molecular formula is C17H28N2O. The number of hydrogen-bond acceptors (Lipinski definition) is 1. The molecule has 1 saturated carbocycles. The van der Waals surface area contributed by atoms with Crippen LogP contribution in [0.25, 0.3) is 0 Å². The normalized spacial score (nSPS) is 15.4. The van der Waals surface area contributed by atoms with Crippen LogP contribution >= 0.6 is 0 Å². The van der Waals surface area contributed by atoms with E-state index in [0.717, 1.165) is 19.0 Å². The molecule has 3 heteroatoms. The van der Waals surface area contributed by atoms with Gasteiger partial charge in [0.15, 0.2) is 0 Å². The van der Waals surface area contributed by atoms with Crippen molar-refractivity contribution in [1.82, 2.24) is 9.88 Å². The predicted molar refractivity (Wildman–Crippen MR) is 83.0 cm³/mol. The van der Waals surface area contributed by atoms with Gasteiger partial charge in [-0.1, -0.05) is 20.8 Å². The fraction of sp³-hybridized carbons (Fsp3) is 0.706. The maximum absolute atomic E-state index is 11.8. The number of carbonyl (C=O) groups is 1. The smallest absolute Gasteiger partial charge is 0.220 e. The summed E-state index contributed by atoms with van der Waals surface area (Å²) in [4.78, 5) is 11.8. The Kier molecular flexibility index (Phi) is 4.26. The Morgan fingerprint density at radius 2 is 2.00 bits per heavy atom. The van der Waals surface area contributed by atoms with Crippen molar-refractivity contribution in [2.24, 2.45) is 5.41 Å². The molecular weight excluding hydrogens is 248 g/mol. The molecule has 0 saturated heterocycles. The minimum Gasteiger partial charge on any atom is -0.356 e. The van der Waals surface area contributed by atoms with Gasteiger partial charge in [-0.3, -0.25) is 4.79 Å². The predicted octanol–water partition coefficient (Wildman–Crippen LogP) is 3.53. The molecule has 0 aliphatic heterocycles. The van der Waals surface area contributed by atoms with E-state index in [2.05, 4.69) is 50.6 Å². The molecule has 1 heterocycles. The second-order valence-electron chi connectivity index (χ2n) is 7.33. The first-order valence-corrected chi connectivity index (χ1v) is 7.72. The highest BCUT2D eigenvalue weighted by atomic mass is 16.1. The lowest BCUT2D eigenvalue weighted by molar-refractivity contribution is -0.122. The van der Waals surface area contributed by atoms with E-state index >= 15 is 0 Å². The maximum Gasteiger partial charge on any atom is 0.220 e. The average Bonchev–Trinajstić information content (AvgIpc) is 3.05. The molecule has 1 aromatic heterocycles. The SMILES string of the molecule is Cc1cc(CCNC(=O)CC(C)(C)C)c(C)n1C1CC1. The highest BCUT2D eigenvalue weighted by molar-refractivity contribution is 5.76. The first-order chi connectivity index (χ1) is 9.28. The summed E-state index contributed by atoms with van der Waals surface area (Å²) in [5, 5.41) is 3.04. The third-order valence-corrected chi connectivity index (χ3v) is 3.91. The van der Waals surface area contributed by atoms with Gasteiger partial charge in [-0.15, -0.1) is 0 Å². The van der Waals surface area contributed by atoms with Crippen molar-refractivity contribution in [2.75, 3.05) is 6.54 Å². The van der Waals surface area contributed by atoms with Crippen molar-refractivity contribution >= 4 is 5.91 Å². The van der Waals surface area contributed by atoms with Crippen LogP contribution in [0.1, 0.15) is 63.0 Å². The Morgan fingerprint density at radius 1 is 1.35 bits per heavy atom. The van der Waals surface area contributed by atoms with Crippen molar-refractivity contribution < 1.29 is 4.79 Å². The molecule has 1 amide bonds. The molecule has 0 bridgehead atoms. The first-order valence-electron chi connectivity index (χ1n) is 7.72. The van der Waals surface area contributed by atoms with Crippen LogP contribution in [0.5, 0.6) is 0 Å². The Morgan fingerprint density at radius 3 is 2.55 bits per heavy atom.